The molecule has 1 saturated carbocycles. The second kappa shape index (κ2) is 4.67. The van der Waals surface area contributed by atoms with Gasteiger partial charge in [-0.3, -0.25) is 19.4 Å². The van der Waals surface area contributed by atoms with Crippen LogP contribution in [0.4, 0.5) is 0 Å². The number of hydrazine groups is 1. The lowest BCUT2D eigenvalue weighted by atomic mass is 10.2. The lowest BCUT2D eigenvalue weighted by Gasteiger charge is -2.03. The minimum Gasteiger partial charge on any atom is -0.296 e. The van der Waals surface area contributed by atoms with Crippen molar-refractivity contribution >= 4 is 17.2 Å². The molecule has 1 aliphatic carbocycles. The molecule has 100 valence electrons. The minimum absolute atomic E-state index is 0.0205. The largest absolute Gasteiger partial charge is 0.328 e. The molecule has 6 nitrogen and oxygen atoms in total. The van der Waals surface area contributed by atoms with E-state index in [1.54, 1.807) is 15.3 Å². The summed E-state index contributed by atoms with van der Waals surface area (Å²) in [5, 5.41) is 1.82. The van der Waals surface area contributed by atoms with E-state index in [1.165, 1.54) is 11.3 Å². The van der Waals surface area contributed by atoms with E-state index in [2.05, 4.69) is 5.43 Å². The van der Waals surface area contributed by atoms with E-state index in [0.717, 1.165) is 18.4 Å². The molecule has 0 unspecified atom stereocenters. The molecule has 0 aromatic carbocycles. The summed E-state index contributed by atoms with van der Waals surface area (Å²) in [6.07, 6.45) is 5.73. The van der Waals surface area contributed by atoms with Gasteiger partial charge in [-0.2, -0.15) is 0 Å². The number of hydrogen-bond donors (Lipinski definition) is 2. The van der Waals surface area contributed by atoms with Crippen molar-refractivity contribution < 1.29 is 4.79 Å². The fourth-order valence-electron chi connectivity index (χ4n) is 2.09. The summed E-state index contributed by atoms with van der Waals surface area (Å²) >= 11 is 1.32. The number of nitrogens with two attached hydrogens (primary N) is 1. The highest BCUT2D eigenvalue weighted by Crippen LogP contribution is 2.33. The van der Waals surface area contributed by atoms with Crippen molar-refractivity contribution in [1.29, 1.82) is 0 Å². The molecular formula is C12H14N4O2S. The monoisotopic (exact) mass is 278 g/mol. The second-order valence-electron chi connectivity index (χ2n) is 4.60. The van der Waals surface area contributed by atoms with Gasteiger partial charge in [-0.05, 0) is 29.9 Å². The summed E-state index contributed by atoms with van der Waals surface area (Å²) in [5.74, 6) is 4.82. The first-order valence-electron chi connectivity index (χ1n) is 6.05. The molecule has 1 aliphatic rings. The Morgan fingerprint density at radius 1 is 1.47 bits per heavy atom. The summed E-state index contributed by atoms with van der Waals surface area (Å²) in [5.41, 5.74) is 2.91. The van der Waals surface area contributed by atoms with Crippen LogP contribution in [0, 0.1) is 0 Å². The quantitative estimate of drug-likeness (QED) is 0.490. The Bertz CT molecular complexity index is 665. The predicted molar refractivity (Wildman–Crippen MR) is 72.0 cm³/mol. The third-order valence-electron chi connectivity index (χ3n) is 3.24. The van der Waals surface area contributed by atoms with Crippen molar-refractivity contribution in [3.8, 4) is 0 Å². The van der Waals surface area contributed by atoms with E-state index in [4.69, 9.17) is 5.84 Å². The third kappa shape index (κ3) is 2.22. The van der Waals surface area contributed by atoms with Gasteiger partial charge in [-0.15, -0.1) is 11.3 Å². The number of imidazole rings is 1. The zero-order valence-electron chi connectivity index (χ0n) is 10.2. The summed E-state index contributed by atoms with van der Waals surface area (Å²) in [4.78, 5) is 24.3. The fraction of sp³-hybridized carbons (Fsp3) is 0.333. The average molecular weight is 278 g/mol. The third-order valence-corrected chi connectivity index (χ3v) is 4.19. The molecular weight excluding hydrogens is 264 g/mol. The molecule has 2 heterocycles. The molecule has 2 aromatic rings. The SMILES string of the molecule is NNC(=O)c1sccc1Cn1ccn(C2CC2)c1=O. The number of carbonyl (C=O) groups excluding carboxylic acids is 1. The standard InChI is InChI=1S/C12H14N4O2S/c13-14-11(17)10-8(3-6-19-10)7-15-4-5-16(12(15)18)9-1-2-9/h3-6,9H,1-2,7,13H2,(H,14,17). The Kier molecular flexibility index (Phi) is 3.00. The molecule has 3 N–H and O–H groups in total. The number of nitrogens with zero attached hydrogens (tertiary/aromatic N) is 2. The van der Waals surface area contributed by atoms with Crippen LogP contribution >= 0.6 is 11.3 Å². The number of carbonyl (C=O) groups is 1. The molecule has 0 radical (unpaired) electrons. The second-order valence-corrected chi connectivity index (χ2v) is 5.51. The molecule has 2 aromatic heterocycles. The van der Waals surface area contributed by atoms with Crippen molar-refractivity contribution in [3.05, 3.63) is 44.8 Å². The fourth-order valence-corrected chi connectivity index (χ4v) is 2.91. The van der Waals surface area contributed by atoms with E-state index in [0.29, 0.717) is 17.5 Å². The number of nitrogen functional groups attached to an aromatic ring is 1. The summed E-state index contributed by atoms with van der Waals surface area (Å²) in [7, 11) is 0. The summed E-state index contributed by atoms with van der Waals surface area (Å²) in [6.45, 7) is 0.394. The van der Waals surface area contributed by atoms with Crippen LogP contribution in [0.2, 0.25) is 0 Å². The van der Waals surface area contributed by atoms with Crippen LogP contribution in [0.15, 0.2) is 28.6 Å². The van der Waals surface area contributed by atoms with Gasteiger partial charge in [0, 0.05) is 18.4 Å². The van der Waals surface area contributed by atoms with Gasteiger partial charge in [0.1, 0.15) is 0 Å². The molecule has 1 fully saturated rings. The van der Waals surface area contributed by atoms with Gasteiger partial charge >= 0.3 is 5.69 Å². The number of nitrogens with one attached hydrogen (secondary N) is 1. The van der Waals surface area contributed by atoms with Gasteiger partial charge in [0.25, 0.3) is 5.91 Å². The van der Waals surface area contributed by atoms with E-state index in [1.807, 2.05) is 17.6 Å². The van der Waals surface area contributed by atoms with Crippen LogP contribution < -0.4 is 17.0 Å². The normalized spacial score (nSPS) is 14.6. The lowest BCUT2D eigenvalue weighted by Crippen LogP contribution is -2.30. The number of hydrogen-bond acceptors (Lipinski definition) is 4. The zero-order chi connectivity index (χ0) is 13.4. The van der Waals surface area contributed by atoms with E-state index in [9.17, 15) is 9.59 Å². The molecule has 0 aliphatic heterocycles. The molecule has 0 atom stereocenters. The Morgan fingerprint density at radius 2 is 2.26 bits per heavy atom. The van der Waals surface area contributed by atoms with Crippen LogP contribution in [-0.4, -0.2) is 15.0 Å². The van der Waals surface area contributed by atoms with Gasteiger partial charge in [-0.25, -0.2) is 10.6 Å². The Balaban J connectivity index is 1.87. The van der Waals surface area contributed by atoms with Gasteiger partial charge in [0.2, 0.25) is 0 Å². The predicted octanol–water partition coefficient (Wildman–Crippen LogP) is 0.698. The van der Waals surface area contributed by atoms with Crippen LogP contribution in [0.25, 0.3) is 0 Å². The Labute approximate surface area is 113 Å². The first kappa shape index (κ1) is 12.2. The van der Waals surface area contributed by atoms with Crippen molar-refractivity contribution in [2.75, 3.05) is 0 Å². The van der Waals surface area contributed by atoms with Crippen LogP contribution in [-0.2, 0) is 6.54 Å². The molecule has 3 rings (SSSR count). The number of aromatic nitrogens is 2. The Hall–Kier alpha value is -1.86. The number of rotatable bonds is 4. The van der Waals surface area contributed by atoms with Gasteiger partial charge in [0.05, 0.1) is 11.4 Å². The van der Waals surface area contributed by atoms with Crippen molar-refractivity contribution in [3.63, 3.8) is 0 Å². The molecule has 0 spiro atoms. The van der Waals surface area contributed by atoms with Crippen molar-refractivity contribution in [1.82, 2.24) is 14.6 Å². The minimum atomic E-state index is -0.320. The van der Waals surface area contributed by atoms with Crippen molar-refractivity contribution in [2.24, 2.45) is 5.84 Å². The zero-order valence-corrected chi connectivity index (χ0v) is 11.0. The van der Waals surface area contributed by atoms with Crippen molar-refractivity contribution in [2.45, 2.75) is 25.4 Å². The first-order valence-corrected chi connectivity index (χ1v) is 6.93. The average Bonchev–Trinajstić information content (AvgIpc) is 3.05. The van der Waals surface area contributed by atoms with E-state index >= 15 is 0 Å². The number of amides is 1. The lowest BCUT2D eigenvalue weighted by molar-refractivity contribution is 0.0957. The molecule has 0 bridgehead atoms. The maximum Gasteiger partial charge on any atom is 0.328 e. The van der Waals surface area contributed by atoms with Gasteiger partial charge in [0.15, 0.2) is 0 Å². The number of thiophene rings is 1. The van der Waals surface area contributed by atoms with Crippen LogP contribution in [0.1, 0.15) is 34.1 Å². The molecule has 19 heavy (non-hydrogen) atoms. The molecule has 0 saturated heterocycles. The highest BCUT2D eigenvalue weighted by atomic mass is 32.1. The summed E-state index contributed by atoms with van der Waals surface area (Å²) in [6, 6.07) is 2.21. The maximum atomic E-state index is 12.1. The van der Waals surface area contributed by atoms with E-state index in [-0.39, 0.29) is 11.6 Å². The van der Waals surface area contributed by atoms with Crippen LogP contribution in [0.3, 0.4) is 0 Å². The topological polar surface area (TPSA) is 82.0 Å². The maximum absolute atomic E-state index is 12.1. The van der Waals surface area contributed by atoms with E-state index < -0.39 is 0 Å². The first-order chi connectivity index (χ1) is 9.20. The highest BCUT2D eigenvalue weighted by Gasteiger charge is 2.25. The molecule has 7 heteroatoms. The molecule has 1 amide bonds. The highest BCUT2D eigenvalue weighted by molar-refractivity contribution is 7.12. The Morgan fingerprint density at radius 3 is 2.95 bits per heavy atom. The smallest absolute Gasteiger partial charge is 0.296 e. The van der Waals surface area contributed by atoms with Crippen LogP contribution in [0.5, 0.6) is 0 Å². The summed E-state index contributed by atoms with van der Waals surface area (Å²) < 4.78 is 3.38. The van der Waals surface area contributed by atoms with Gasteiger partial charge in [-0.1, -0.05) is 0 Å². The van der Waals surface area contributed by atoms with Gasteiger partial charge < -0.3 is 0 Å².